The molecule has 0 aromatic rings. The van der Waals surface area contributed by atoms with Crippen LogP contribution in [0.2, 0.25) is 0 Å². The molecule has 2 rings (SSSR count). The molecule has 1 saturated heterocycles. The van der Waals surface area contributed by atoms with Crippen molar-refractivity contribution in [3.8, 4) is 0 Å². The maximum absolute atomic E-state index is 11.1. The third-order valence-corrected chi connectivity index (χ3v) is 2.60. The van der Waals surface area contributed by atoms with Crippen molar-refractivity contribution in [2.24, 2.45) is 0 Å². The minimum atomic E-state index is -0.668. The Labute approximate surface area is 87.6 Å². The fourth-order valence-electron chi connectivity index (χ4n) is 1.70. The van der Waals surface area contributed by atoms with Gasteiger partial charge in [-0.3, -0.25) is 0 Å². The van der Waals surface area contributed by atoms with Crippen LogP contribution in [0.15, 0.2) is 11.8 Å². The first-order chi connectivity index (χ1) is 7.15. The Bertz CT molecular complexity index is 315. The summed E-state index contributed by atoms with van der Waals surface area (Å²) in [5, 5.41) is 0. The van der Waals surface area contributed by atoms with Crippen molar-refractivity contribution in [1.29, 1.82) is 0 Å². The summed E-state index contributed by atoms with van der Waals surface area (Å²) >= 11 is 0. The van der Waals surface area contributed by atoms with Gasteiger partial charge in [0.2, 0.25) is 5.76 Å². The van der Waals surface area contributed by atoms with Gasteiger partial charge < -0.3 is 14.4 Å². The molecule has 0 aliphatic carbocycles. The summed E-state index contributed by atoms with van der Waals surface area (Å²) < 4.78 is 9.75. The van der Waals surface area contributed by atoms with Crippen LogP contribution in [-0.2, 0) is 19.1 Å². The highest BCUT2D eigenvalue weighted by Gasteiger charge is 2.29. The number of piperidine rings is 1. The van der Waals surface area contributed by atoms with Crippen LogP contribution in [0.1, 0.15) is 12.8 Å². The highest BCUT2D eigenvalue weighted by Crippen LogP contribution is 2.18. The predicted molar refractivity (Wildman–Crippen MR) is 50.8 cm³/mol. The lowest BCUT2D eigenvalue weighted by molar-refractivity contribution is -0.153. The van der Waals surface area contributed by atoms with E-state index in [1.165, 1.54) is 0 Å². The van der Waals surface area contributed by atoms with Crippen molar-refractivity contribution in [3.63, 3.8) is 0 Å². The van der Waals surface area contributed by atoms with Gasteiger partial charge in [-0.25, -0.2) is 9.59 Å². The first kappa shape index (κ1) is 10.2. The molecular weight excluding hydrogens is 198 g/mol. The number of carbonyl (C=O) groups excluding carboxylic acids is 2. The molecular formula is C10H13NO4. The van der Waals surface area contributed by atoms with Crippen LogP contribution in [0.3, 0.4) is 0 Å². The van der Waals surface area contributed by atoms with E-state index in [9.17, 15) is 9.59 Å². The summed E-state index contributed by atoms with van der Waals surface area (Å²) in [5.41, 5.74) is 0. The van der Waals surface area contributed by atoms with Gasteiger partial charge in [-0.15, -0.1) is 0 Å². The van der Waals surface area contributed by atoms with E-state index in [0.717, 1.165) is 32.0 Å². The van der Waals surface area contributed by atoms with E-state index < -0.39 is 11.9 Å². The smallest absolute Gasteiger partial charge is 0.381 e. The van der Waals surface area contributed by atoms with Gasteiger partial charge in [-0.2, -0.15) is 0 Å². The Morgan fingerprint density at radius 3 is 2.60 bits per heavy atom. The summed E-state index contributed by atoms with van der Waals surface area (Å²) in [6.07, 6.45) is 2.87. The van der Waals surface area contributed by atoms with Crippen LogP contribution in [0.25, 0.3) is 0 Å². The number of rotatable bonds is 2. The van der Waals surface area contributed by atoms with Gasteiger partial charge in [0.25, 0.3) is 0 Å². The standard InChI is InChI=1S/C10H13NO4/c1-11-4-2-7(3-5-11)14-8-6-9(12)15-10(8)13/h6-7H,2-5H2,1H3. The highest BCUT2D eigenvalue weighted by atomic mass is 16.6. The molecule has 2 heterocycles. The third-order valence-electron chi connectivity index (χ3n) is 2.60. The molecule has 0 N–H and O–H groups in total. The van der Waals surface area contributed by atoms with Crippen molar-refractivity contribution < 1.29 is 19.1 Å². The molecule has 15 heavy (non-hydrogen) atoms. The van der Waals surface area contributed by atoms with Crippen LogP contribution in [0.4, 0.5) is 0 Å². The zero-order valence-electron chi connectivity index (χ0n) is 8.56. The van der Waals surface area contributed by atoms with Crippen LogP contribution < -0.4 is 0 Å². The van der Waals surface area contributed by atoms with Crippen LogP contribution >= 0.6 is 0 Å². The summed E-state index contributed by atoms with van der Waals surface area (Å²) in [6, 6.07) is 0. The highest BCUT2D eigenvalue weighted by molar-refractivity contribution is 6.07. The van der Waals surface area contributed by atoms with E-state index in [2.05, 4.69) is 9.64 Å². The first-order valence-corrected chi connectivity index (χ1v) is 4.98. The van der Waals surface area contributed by atoms with Gasteiger partial charge >= 0.3 is 11.9 Å². The number of likely N-dealkylation sites (tertiary alicyclic amines) is 1. The van der Waals surface area contributed by atoms with Gasteiger partial charge in [-0.1, -0.05) is 0 Å². The van der Waals surface area contributed by atoms with E-state index in [1.54, 1.807) is 0 Å². The van der Waals surface area contributed by atoms with Crippen molar-refractivity contribution in [3.05, 3.63) is 11.8 Å². The second-order valence-corrected chi connectivity index (χ2v) is 3.84. The molecule has 0 bridgehead atoms. The number of hydrogen-bond donors (Lipinski definition) is 0. The maximum atomic E-state index is 11.1. The monoisotopic (exact) mass is 211 g/mol. The van der Waals surface area contributed by atoms with E-state index in [1.807, 2.05) is 7.05 Å². The summed E-state index contributed by atoms with van der Waals surface area (Å²) in [7, 11) is 2.04. The minimum absolute atomic E-state index is 0.0194. The normalized spacial score (nSPS) is 23.9. The number of hydrogen-bond acceptors (Lipinski definition) is 5. The molecule has 0 spiro atoms. The van der Waals surface area contributed by atoms with Crippen molar-refractivity contribution in [2.45, 2.75) is 18.9 Å². The average molecular weight is 211 g/mol. The van der Waals surface area contributed by atoms with Gasteiger partial charge in [0.1, 0.15) is 6.10 Å². The molecule has 0 aromatic carbocycles. The third kappa shape index (κ3) is 2.36. The largest absolute Gasteiger partial charge is 0.483 e. The fraction of sp³-hybridized carbons (Fsp3) is 0.600. The van der Waals surface area contributed by atoms with E-state index >= 15 is 0 Å². The quantitative estimate of drug-likeness (QED) is 0.477. The molecule has 0 saturated carbocycles. The number of esters is 2. The zero-order chi connectivity index (χ0) is 10.8. The van der Waals surface area contributed by atoms with Crippen LogP contribution in [0, 0.1) is 0 Å². The number of cyclic esters (lactones) is 2. The Balaban J connectivity index is 1.89. The summed E-state index contributed by atoms with van der Waals surface area (Å²) in [4.78, 5) is 24.0. The molecule has 82 valence electrons. The SMILES string of the molecule is CN1CCC(OC2=CC(=O)OC2=O)CC1. The molecule has 0 aromatic heterocycles. The van der Waals surface area contributed by atoms with Gasteiger partial charge in [0.15, 0.2) is 0 Å². The molecule has 5 nitrogen and oxygen atoms in total. The number of nitrogens with zero attached hydrogens (tertiary/aromatic N) is 1. The summed E-state index contributed by atoms with van der Waals surface area (Å²) in [5.74, 6) is -1.25. The second-order valence-electron chi connectivity index (χ2n) is 3.84. The lowest BCUT2D eigenvalue weighted by Crippen LogP contribution is -2.34. The molecule has 0 atom stereocenters. The molecule has 0 radical (unpaired) electrons. The van der Waals surface area contributed by atoms with E-state index in [-0.39, 0.29) is 11.9 Å². The average Bonchev–Trinajstić information content (AvgIpc) is 2.49. The first-order valence-electron chi connectivity index (χ1n) is 4.98. The van der Waals surface area contributed by atoms with E-state index in [0.29, 0.717) is 0 Å². The van der Waals surface area contributed by atoms with Crippen LogP contribution in [0.5, 0.6) is 0 Å². The van der Waals surface area contributed by atoms with Crippen molar-refractivity contribution in [1.82, 2.24) is 4.90 Å². The molecule has 0 unspecified atom stereocenters. The lowest BCUT2D eigenvalue weighted by Gasteiger charge is -2.28. The Morgan fingerprint density at radius 2 is 2.07 bits per heavy atom. The lowest BCUT2D eigenvalue weighted by atomic mass is 10.1. The summed E-state index contributed by atoms with van der Waals surface area (Å²) in [6.45, 7) is 1.89. The number of carbonyl (C=O) groups is 2. The second kappa shape index (κ2) is 4.02. The van der Waals surface area contributed by atoms with Gasteiger partial charge in [0.05, 0.1) is 6.08 Å². The van der Waals surface area contributed by atoms with Gasteiger partial charge in [0, 0.05) is 13.1 Å². The van der Waals surface area contributed by atoms with Gasteiger partial charge in [-0.05, 0) is 19.9 Å². The Morgan fingerprint density at radius 1 is 1.40 bits per heavy atom. The predicted octanol–water partition coefficient (Wildman–Crippen LogP) is 0.0645. The molecule has 2 aliphatic heterocycles. The number of ether oxygens (including phenoxy) is 2. The minimum Gasteiger partial charge on any atom is -0.483 e. The molecule has 5 heteroatoms. The molecule has 1 fully saturated rings. The Kier molecular flexibility index (Phi) is 2.73. The van der Waals surface area contributed by atoms with Crippen LogP contribution in [-0.4, -0.2) is 43.1 Å². The molecule has 0 amide bonds. The van der Waals surface area contributed by atoms with Crippen molar-refractivity contribution in [2.75, 3.05) is 20.1 Å². The topological polar surface area (TPSA) is 55.8 Å². The maximum Gasteiger partial charge on any atom is 0.381 e. The van der Waals surface area contributed by atoms with Crippen molar-refractivity contribution >= 4 is 11.9 Å². The zero-order valence-corrected chi connectivity index (χ0v) is 8.56. The Hall–Kier alpha value is -1.36. The van der Waals surface area contributed by atoms with E-state index in [4.69, 9.17) is 4.74 Å². The molecule has 2 aliphatic rings. The fourth-order valence-corrected chi connectivity index (χ4v) is 1.70.